The number of hydrogen-bond acceptors (Lipinski definition) is 3. The number of aliphatic hydroxyl groups excluding tert-OH is 1. The Hall–Kier alpha value is -1.16. The van der Waals surface area contributed by atoms with Crippen molar-refractivity contribution in [3.63, 3.8) is 0 Å². The lowest BCUT2D eigenvalue weighted by molar-refractivity contribution is -0.117. The van der Waals surface area contributed by atoms with Gasteiger partial charge in [0, 0.05) is 0 Å². The Kier molecular flexibility index (Phi) is 5.02. The van der Waals surface area contributed by atoms with Gasteiger partial charge in [-0.05, 0) is 6.42 Å². The number of aldehydes is 1. The molecule has 1 amide bonds. The number of aliphatic hydroxyl groups is 1. The number of rotatable bonds is 6. The Morgan fingerprint density at radius 3 is 2.55 bits per heavy atom. The summed E-state index contributed by atoms with van der Waals surface area (Å²) in [5.41, 5.74) is 0. The maximum absolute atomic E-state index is 10.2. The summed E-state index contributed by atoms with van der Waals surface area (Å²) in [7, 11) is 0. The van der Waals surface area contributed by atoms with Gasteiger partial charge in [-0.25, -0.2) is 0 Å². The molecule has 0 spiro atoms. The summed E-state index contributed by atoms with van der Waals surface area (Å²) in [6.07, 6.45) is 1.75. The van der Waals surface area contributed by atoms with Crippen LogP contribution in [0.1, 0.15) is 6.42 Å². The fourth-order valence-electron chi connectivity index (χ4n) is 0.637. The molecule has 0 aliphatic rings. The summed E-state index contributed by atoms with van der Waals surface area (Å²) in [4.78, 5) is 20.1. The van der Waals surface area contributed by atoms with E-state index in [9.17, 15) is 9.59 Å². The van der Waals surface area contributed by atoms with Crippen LogP contribution < -0.4 is 5.32 Å². The van der Waals surface area contributed by atoms with E-state index in [0.717, 1.165) is 0 Å². The molecule has 0 bridgehead atoms. The van der Waals surface area contributed by atoms with Crippen LogP contribution in [0.2, 0.25) is 0 Å². The van der Waals surface area contributed by atoms with Crippen molar-refractivity contribution >= 4 is 12.7 Å². The second-order valence-electron chi connectivity index (χ2n) is 2.04. The number of carbonyl (C=O) groups is 2. The molecule has 0 saturated heterocycles. The van der Waals surface area contributed by atoms with E-state index in [1.165, 1.54) is 6.08 Å². The average molecular weight is 157 g/mol. The van der Waals surface area contributed by atoms with E-state index in [1.807, 2.05) is 0 Å². The highest BCUT2D eigenvalue weighted by Gasteiger charge is 2.15. The molecular weight excluding hydrogens is 146 g/mol. The first-order chi connectivity index (χ1) is 5.26. The van der Waals surface area contributed by atoms with Gasteiger partial charge in [0.15, 0.2) is 0 Å². The zero-order chi connectivity index (χ0) is 8.69. The standard InChI is InChI=1S/C7H11NO3/c1-2-3-7(11)6(4-9)8-5-10/h2,4-7,11H,1,3H2,(H,8,10)/t6-,7-/m0/s1. The van der Waals surface area contributed by atoms with Gasteiger partial charge in [-0.3, -0.25) is 4.79 Å². The van der Waals surface area contributed by atoms with Crippen LogP contribution in [-0.2, 0) is 9.59 Å². The monoisotopic (exact) mass is 157 g/mol. The molecule has 0 heterocycles. The molecule has 62 valence electrons. The first-order valence-corrected chi connectivity index (χ1v) is 3.20. The number of amides is 1. The van der Waals surface area contributed by atoms with Crippen molar-refractivity contribution in [3.8, 4) is 0 Å². The summed E-state index contributed by atoms with van der Waals surface area (Å²) in [5.74, 6) is 0. The van der Waals surface area contributed by atoms with E-state index < -0.39 is 12.1 Å². The van der Waals surface area contributed by atoms with Gasteiger partial charge in [0.2, 0.25) is 6.41 Å². The first-order valence-electron chi connectivity index (χ1n) is 3.20. The quantitative estimate of drug-likeness (QED) is 0.393. The van der Waals surface area contributed by atoms with Gasteiger partial charge in [-0.15, -0.1) is 6.58 Å². The zero-order valence-corrected chi connectivity index (χ0v) is 6.06. The minimum atomic E-state index is -0.879. The largest absolute Gasteiger partial charge is 0.390 e. The molecule has 0 aliphatic heterocycles. The second-order valence-corrected chi connectivity index (χ2v) is 2.04. The van der Waals surface area contributed by atoms with Crippen LogP contribution in [-0.4, -0.2) is 29.9 Å². The zero-order valence-electron chi connectivity index (χ0n) is 6.06. The predicted octanol–water partition coefficient (Wildman–Crippen LogP) is -0.763. The Morgan fingerprint density at radius 1 is 1.55 bits per heavy atom. The van der Waals surface area contributed by atoms with Gasteiger partial charge in [0.1, 0.15) is 12.3 Å². The highest BCUT2D eigenvalue weighted by atomic mass is 16.3. The molecule has 2 atom stereocenters. The van der Waals surface area contributed by atoms with Crippen LogP contribution in [0.3, 0.4) is 0 Å². The molecule has 0 fully saturated rings. The van der Waals surface area contributed by atoms with Gasteiger partial charge in [-0.2, -0.15) is 0 Å². The Bertz CT molecular complexity index is 147. The van der Waals surface area contributed by atoms with E-state index in [0.29, 0.717) is 12.7 Å². The maximum atomic E-state index is 10.2. The Morgan fingerprint density at radius 2 is 2.18 bits per heavy atom. The third-order valence-electron chi connectivity index (χ3n) is 1.23. The van der Waals surface area contributed by atoms with Gasteiger partial charge in [0.25, 0.3) is 0 Å². The molecule has 0 radical (unpaired) electrons. The number of nitrogens with one attached hydrogen (secondary N) is 1. The molecule has 4 heteroatoms. The lowest BCUT2D eigenvalue weighted by atomic mass is 10.1. The van der Waals surface area contributed by atoms with Gasteiger partial charge in [0.05, 0.1) is 6.10 Å². The van der Waals surface area contributed by atoms with E-state index in [1.54, 1.807) is 0 Å². The third-order valence-corrected chi connectivity index (χ3v) is 1.23. The second kappa shape index (κ2) is 5.61. The molecular formula is C7H11NO3. The molecule has 2 N–H and O–H groups in total. The van der Waals surface area contributed by atoms with Crippen LogP contribution >= 0.6 is 0 Å². The molecule has 0 unspecified atom stereocenters. The van der Waals surface area contributed by atoms with Crippen LogP contribution in [0, 0.1) is 0 Å². The van der Waals surface area contributed by atoms with Crippen molar-refractivity contribution < 1.29 is 14.7 Å². The van der Waals surface area contributed by atoms with Crippen molar-refractivity contribution in [2.75, 3.05) is 0 Å². The molecule has 0 aliphatic carbocycles. The molecule has 0 aromatic carbocycles. The number of carbonyl (C=O) groups excluding carboxylic acids is 2. The Labute approximate surface area is 64.9 Å². The van der Waals surface area contributed by atoms with Gasteiger partial charge in [-0.1, -0.05) is 6.08 Å². The molecule has 0 aromatic heterocycles. The van der Waals surface area contributed by atoms with Crippen LogP contribution in [0.4, 0.5) is 0 Å². The van der Waals surface area contributed by atoms with Crippen LogP contribution in [0.25, 0.3) is 0 Å². The highest BCUT2D eigenvalue weighted by molar-refractivity contribution is 5.64. The SMILES string of the molecule is C=CC[C@H](O)[C@H](C=O)NC=O. The Balaban J connectivity index is 3.88. The predicted molar refractivity (Wildman–Crippen MR) is 39.9 cm³/mol. The van der Waals surface area contributed by atoms with E-state index >= 15 is 0 Å². The highest BCUT2D eigenvalue weighted by Crippen LogP contribution is 1.96. The maximum Gasteiger partial charge on any atom is 0.207 e. The van der Waals surface area contributed by atoms with Crippen molar-refractivity contribution in [2.24, 2.45) is 0 Å². The molecule has 0 saturated carbocycles. The molecule has 0 rings (SSSR count). The molecule has 4 nitrogen and oxygen atoms in total. The van der Waals surface area contributed by atoms with Crippen LogP contribution in [0.5, 0.6) is 0 Å². The normalized spacial score (nSPS) is 14.6. The van der Waals surface area contributed by atoms with Crippen LogP contribution in [0.15, 0.2) is 12.7 Å². The van der Waals surface area contributed by atoms with E-state index in [-0.39, 0.29) is 6.42 Å². The lowest BCUT2D eigenvalue weighted by Crippen LogP contribution is -2.40. The summed E-state index contributed by atoms with van der Waals surface area (Å²) < 4.78 is 0. The summed E-state index contributed by atoms with van der Waals surface area (Å²) in [6, 6.07) is -0.828. The topological polar surface area (TPSA) is 66.4 Å². The summed E-state index contributed by atoms with van der Waals surface area (Å²) >= 11 is 0. The average Bonchev–Trinajstić information content (AvgIpc) is 2.00. The fourth-order valence-corrected chi connectivity index (χ4v) is 0.637. The lowest BCUT2D eigenvalue weighted by Gasteiger charge is -2.14. The molecule has 0 aromatic rings. The third kappa shape index (κ3) is 3.52. The first kappa shape index (κ1) is 9.84. The van der Waals surface area contributed by atoms with Crippen molar-refractivity contribution in [1.82, 2.24) is 5.32 Å². The minimum Gasteiger partial charge on any atom is -0.390 e. The van der Waals surface area contributed by atoms with Gasteiger partial charge >= 0.3 is 0 Å². The van der Waals surface area contributed by atoms with E-state index in [2.05, 4.69) is 11.9 Å². The van der Waals surface area contributed by atoms with Gasteiger partial charge < -0.3 is 15.2 Å². The summed E-state index contributed by atoms with van der Waals surface area (Å²) in [5, 5.41) is 11.3. The van der Waals surface area contributed by atoms with E-state index in [4.69, 9.17) is 5.11 Å². The van der Waals surface area contributed by atoms with Crippen molar-refractivity contribution in [2.45, 2.75) is 18.6 Å². The minimum absolute atomic E-state index is 0.282. The smallest absolute Gasteiger partial charge is 0.207 e. The van der Waals surface area contributed by atoms with Crippen molar-refractivity contribution in [3.05, 3.63) is 12.7 Å². The molecule has 11 heavy (non-hydrogen) atoms. The number of hydrogen-bond donors (Lipinski definition) is 2. The summed E-state index contributed by atoms with van der Waals surface area (Å²) in [6.45, 7) is 3.39. The fraction of sp³-hybridized carbons (Fsp3) is 0.429. The van der Waals surface area contributed by atoms with Crippen molar-refractivity contribution in [1.29, 1.82) is 0 Å².